The van der Waals surface area contributed by atoms with E-state index < -0.39 is 12.1 Å². The number of ether oxygens (including phenoxy) is 2. The van der Waals surface area contributed by atoms with E-state index in [1.807, 2.05) is 0 Å². The third-order valence-corrected chi connectivity index (χ3v) is 3.71. The quantitative estimate of drug-likeness (QED) is 0.406. The lowest BCUT2D eigenvalue weighted by molar-refractivity contribution is -0.199. The first-order chi connectivity index (χ1) is 10.8. The van der Waals surface area contributed by atoms with E-state index in [-0.39, 0.29) is 43.0 Å². The van der Waals surface area contributed by atoms with E-state index in [0.717, 1.165) is 0 Å². The molecule has 0 aliphatic heterocycles. The normalized spacial score (nSPS) is 21.7. The Morgan fingerprint density at radius 3 is 2.61 bits per heavy atom. The molecule has 0 heterocycles. The van der Waals surface area contributed by atoms with Crippen LogP contribution in [0, 0.1) is 11.8 Å². The van der Waals surface area contributed by atoms with Crippen molar-refractivity contribution in [2.75, 3.05) is 13.7 Å². The second-order valence-electron chi connectivity index (χ2n) is 5.28. The molecule has 0 amide bonds. The van der Waals surface area contributed by atoms with Crippen LogP contribution >= 0.6 is 0 Å². The van der Waals surface area contributed by atoms with Crippen LogP contribution in [0.2, 0.25) is 0 Å². The highest BCUT2D eigenvalue weighted by Crippen LogP contribution is 2.34. The van der Waals surface area contributed by atoms with Crippen molar-refractivity contribution in [3.63, 3.8) is 0 Å². The number of methoxy groups -OCH3 is 1. The van der Waals surface area contributed by atoms with Crippen LogP contribution in [0.3, 0.4) is 0 Å². The highest BCUT2D eigenvalue weighted by Gasteiger charge is 2.40. The summed E-state index contributed by atoms with van der Waals surface area (Å²) in [4.78, 5) is 33.5. The minimum Gasteiger partial charge on any atom is -0.469 e. The maximum atomic E-state index is 11.9. The Morgan fingerprint density at radius 1 is 1.30 bits per heavy atom. The van der Waals surface area contributed by atoms with Gasteiger partial charge in [0.25, 0.3) is 0 Å². The summed E-state index contributed by atoms with van der Waals surface area (Å²) in [6.45, 7) is -0.376. The fraction of sp³-hybridized carbons (Fsp3) is 0.667. The number of carbonyl (C=O) groups excluding carboxylic acids is 3. The van der Waals surface area contributed by atoms with Crippen molar-refractivity contribution >= 4 is 17.7 Å². The second-order valence-corrected chi connectivity index (χ2v) is 5.28. The molecule has 0 aromatic carbocycles. The molecule has 1 fully saturated rings. The zero-order valence-corrected chi connectivity index (χ0v) is 12.7. The number of esters is 2. The van der Waals surface area contributed by atoms with E-state index in [4.69, 9.17) is 0 Å². The van der Waals surface area contributed by atoms with E-state index in [9.17, 15) is 27.6 Å². The lowest BCUT2D eigenvalue weighted by atomic mass is 9.89. The van der Waals surface area contributed by atoms with E-state index in [1.165, 1.54) is 7.11 Å². The first-order valence-corrected chi connectivity index (χ1v) is 7.24. The van der Waals surface area contributed by atoms with Crippen molar-refractivity contribution in [3.05, 3.63) is 12.2 Å². The first kappa shape index (κ1) is 19.2. The van der Waals surface area contributed by atoms with Crippen LogP contribution in [0.15, 0.2) is 12.2 Å². The highest BCUT2D eigenvalue weighted by molar-refractivity contribution is 5.84. The van der Waals surface area contributed by atoms with Crippen LogP contribution < -0.4 is 0 Å². The lowest BCUT2D eigenvalue weighted by Gasteiger charge is -2.15. The van der Waals surface area contributed by atoms with Crippen molar-refractivity contribution in [1.82, 2.24) is 0 Å². The van der Waals surface area contributed by atoms with Gasteiger partial charge in [0.1, 0.15) is 5.78 Å². The molecule has 0 radical (unpaired) electrons. The van der Waals surface area contributed by atoms with E-state index >= 15 is 0 Å². The van der Waals surface area contributed by atoms with Gasteiger partial charge in [0.05, 0.1) is 13.7 Å². The number of carbonyl (C=O) groups is 3. The summed E-state index contributed by atoms with van der Waals surface area (Å²) in [7, 11) is 1.29. The molecular formula is C15H19F3O5. The molecule has 5 nitrogen and oxygen atoms in total. The molecule has 2 atom stereocenters. The monoisotopic (exact) mass is 336 g/mol. The van der Waals surface area contributed by atoms with Gasteiger partial charge in [-0.05, 0) is 25.2 Å². The molecule has 0 spiro atoms. The average Bonchev–Trinajstić information content (AvgIpc) is 2.82. The number of alkyl halides is 3. The molecule has 130 valence electrons. The summed E-state index contributed by atoms with van der Waals surface area (Å²) >= 11 is 0. The van der Waals surface area contributed by atoms with E-state index in [1.54, 1.807) is 12.2 Å². The van der Waals surface area contributed by atoms with Crippen LogP contribution in [-0.2, 0) is 23.9 Å². The Hall–Kier alpha value is -1.86. The molecule has 0 saturated heterocycles. The maximum Gasteiger partial charge on any atom is 0.490 e. The zero-order chi connectivity index (χ0) is 17.5. The van der Waals surface area contributed by atoms with Gasteiger partial charge in [0.15, 0.2) is 0 Å². The molecule has 0 bridgehead atoms. The molecule has 23 heavy (non-hydrogen) atoms. The van der Waals surface area contributed by atoms with Gasteiger partial charge in [-0.3, -0.25) is 9.59 Å². The van der Waals surface area contributed by atoms with Crippen molar-refractivity contribution in [2.24, 2.45) is 11.8 Å². The van der Waals surface area contributed by atoms with Gasteiger partial charge >= 0.3 is 18.1 Å². The van der Waals surface area contributed by atoms with Crippen LogP contribution in [0.1, 0.15) is 32.1 Å². The smallest absolute Gasteiger partial charge is 0.469 e. The van der Waals surface area contributed by atoms with Crippen LogP contribution in [0.5, 0.6) is 0 Å². The number of hydrogen-bond acceptors (Lipinski definition) is 5. The fourth-order valence-electron chi connectivity index (χ4n) is 2.50. The Morgan fingerprint density at radius 2 is 2.00 bits per heavy atom. The second kappa shape index (κ2) is 8.69. The number of rotatable bonds is 7. The lowest BCUT2D eigenvalue weighted by Crippen LogP contribution is -2.25. The van der Waals surface area contributed by atoms with Gasteiger partial charge in [-0.2, -0.15) is 13.2 Å². The SMILES string of the molecule is COC(=O)C[C@H]1CCC(=O)[C@H]1C/C=C\CCOC(=O)C(F)(F)F. The summed E-state index contributed by atoms with van der Waals surface area (Å²) in [5.74, 6) is -2.84. The van der Waals surface area contributed by atoms with Crippen molar-refractivity contribution in [1.29, 1.82) is 0 Å². The minimum absolute atomic E-state index is 0.0670. The van der Waals surface area contributed by atoms with Gasteiger partial charge < -0.3 is 9.47 Å². The standard InChI is InChI=1S/C15H19F3O5/c1-22-13(20)9-10-6-7-12(19)11(10)5-3-2-4-8-23-14(21)15(16,17)18/h2-3,10-11H,4-9H2,1H3/b3-2-/t10-,11+/m1/s1. The summed E-state index contributed by atoms with van der Waals surface area (Å²) < 4.78 is 44.3. The van der Waals surface area contributed by atoms with E-state index in [0.29, 0.717) is 19.3 Å². The number of halogens is 3. The van der Waals surface area contributed by atoms with Crippen molar-refractivity contribution in [2.45, 2.75) is 38.3 Å². The summed E-state index contributed by atoms with van der Waals surface area (Å²) in [6.07, 6.45) is 0.0200. The van der Waals surface area contributed by atoms with Gasteiger partial charge in [0, 0.05) is 18.8 Å². The Bertz CT molecular complexity index is 470. The van der Waals surface area contributed by atoms with Gasteiger partial charge in [-0.15, -0.1) is 0 Å². The van der Waals surface area contributed by atoms with Gasteiger partial charge in [-0.25, -0.2) is 4.79 Å². The number of ketones is 1. The van der Waals surface area contributed by atoms with Crippen LogP contribution in [-0.4, -0.2) is 37.6 Å². The molecule has 1 rings (SSSR count). The third kappa shape index (κ3) is 6.42. The molecular weight excluding hydrogens is 317 g/mol. The molecule has 0 unspecified atom stereocenters. The van der Waals surface area contributed by atoms with Gasteiger partial charge in [0.2, 0.25) is 0 Å². The number of allylic oxidation sites excluding steroid dienone is 1. The van der Waals surface area contributed by atoms with Crippen molar-refractivity contribution in [3.8, 4) is 0 Å². The van der Waals surface area contributed by atoms with Crippen LogP contribution in [0.25, 0.3) is 0 Å². The molecule has 8 heteroatoms. The summed E-state index contributed by atoms with van der Waals surface area (Å²) in [6, 6.07) is 0. The Labute approximate surface area is 131 Å². The number of hydrogen-bond donors (Lipinski definition) is 0. The minimum atomic E-state index is -4.99. The molecule has 0 aromatic rings. The first-order valence-electron chi connectivity index (χ1n) is 7.24. The van der Waals surface area contributed by atoms with Crippen LogP contribution in [0.4, 0.5) is 13.2 Å². The topological polar surface area (TPSA) is 69.7 Å². The third-order valence-electron chi connectivity index (χ3n) is 3.71. The van der Waals surface area contributed by atoms with E-state index in [2.05, 4.69) is 9.47 Å². The predicted molar refractivity (Wildman–Crippen MR) is 73.2 cm³/mol. The fourth-order valence-corrected chi connectivity index (χ4v) is 2.50. The average molecular weight is 336 g/mol. The van der Waals surface area contributed by atoms with Crippen molar-refractivity contribution < 1.29 is 37.0 Å². The summed E-state index contributed by atoms with van der Waals surface area (Å²) in [5.41, 5.74) is 0. The summed E-state index contributed by atoms with van der Waals surface area (Å²) in [5, 5.41) is 0. The Balaban J connectivity index is 2.33. The molecule has 1 saturated carbocycles. The predicted octanol–water partition coefficient (Wildman–Crippen LogP) is 2.59. The molecule has 1 aliphatic carbocycles. The Kier molecular flexibility index (Phi) is 7.25. The highest BCUT2D eigenvalue weighted by atomic mass is 19.4. The largest absolute Gasteiger partial charge is 0.490 e. The number of Topliss-reactive ketones (excluding diaryl/α,β-unsaturated/α-hetero) is 1. The maximum absolute atomic E-state index is 11.9. The van der Waals surface area contributed by atoms with Gasteiger partial charge in [-0.1, -0.05) is 12.2 Å². The zero-order valence-electron chi connectivity index (χ0n) is 12.7. The molecule has 0 aromatic heterocycles. The molecule has 1 aliphatic rings. The molecule has 0 N–H and O–H groups in total.